The van der Waals surface area contributed by atoms with E-state index < -0.39 is 10.0 Å². The molecule has 0 aliphatic carbocycles. The third-order valence-electron chi connectivity index (χ3n) is 4.89. The molecule has 0 radical (unpaired) electrons. The van der Waals surface area contributed by atoms with Crippen molar-refractivity contribution in [2.45, 2.75) is 11.0 Å². The molecule has 2 aromatic heterocycles. The lowest BCUT2D eigenvalue weighted by Crippen LogP contribution is -2.32. The van der Waals surface area contributed by atoms with Gasteiger partial charge in [-0.2, -0.15) is 4.31 Å². The van der Waals surface area contributed by atoms with Crippen LogP contribution >= 0.6 is 0 Å². The van der Waals surface area contributed by atoms with Gasteiger partial charge in [0, 0.05) is 50.1 Å². The number of pyridine rings is 2. The fraction of sp³-hybridized carbons (Fsp3) is 0.412. The van der Waals surface area contributed by atoms with E-state index in [2.05, 4.69) is 15.3 Å². The van der Waals surface area contributed by atoms with E-state index in [0.29, 0.717) is 19.7 Å². The predicted octanol–water partition coefficient (Wildman–Crippen LogP) is 1.22. The third kappa shape index (κ3) is 3.24. The molecule has 0 aromatic carbocycles. The number of nitrogens with zero attached hydrogens (tertiary/aromatic N) is 3. The lowest BCUT2D eigenvalue weighted by Gasteiger charge is -2.20. The van der Waals surface area contributed by atoms with Crippen molar-refractivity contribution in [3.05, 3.63) is 48.9 Å². The Labute approximate surface area is 147 Å². The van der Waals surface area contributed by atoms with Gasteiger partial charge in [0.05, 0.1) is 12.7 Å². The summed E-state index contributed by atoms with van der Waals surface area (Å²) < 4.78 is 32.9. The lowest BCUT2D eigenvalue weighted by atomic mass is 9.93. The van der Waals surface area contributed by atoms with Crippen LogP contribution < -0.4 is 5.32 Å². The number of ether oxygens (including phenoxy) is 1. The minimum absolute atomic E-state index is 0.0398. The summed E-state index contributed by atoms with van der Waals surface area (Å²) in [6.07, 6.45) is 4.67. The minimum atomic E-state index is -3.51. The van der Waals surface area contributed by atoms with E-state index in [4.69, 9.17) is 4.74 Å². The molecular formula is C17H20N4O3S. The summed E-state index contributed by atoms with van der Waals surface area (Å²) in [5.74, 6) is 1.28. The molecule has 7 nitrogen and oxygen atoms in total. The van der Waals surface area contributed by atoms with E-state index in [-0.39, 0.29) is 22.8 Å². The van der Waals surface area contributed by atoms with Crippen molar-refractivity contribution in [3.8, 4) is 0 Å². The highest BCUT2D eigenvalue weighted by Gasteiger charge is 2.47. The van der Waals surface area contributed by atoms with Gasteiger partial charge in [-0.1, -0.05) is 6.07 Å². The van der Waals surface area contributed by atoms with Crippen molar-refractivity contribution in [3.63, 3.8) is 0 Å². The first-order valence-electron chi connectivity index (χ1n) is 8.31. The Morgan fingerprint density at radius 2 is 2.12 bits per heavy atom. The first-order valence-corrected chi connectivity index (χ1v) is 9.75. The van der Waals surface area contributed by atoms with E-state index in [9.17, 15) is 8.42 Å². The van der Waals surface area contributed by atoms with Crippen LogP contribution in [0.25, 0.3) is 0 Å². The zero-order valence-electron chi connectivity index (χ0n) is 13.7. The molecule has 0 unspecified atom stereocenters. The standard InChI is InChI=1S/C17H20N4O3S/c22-25(23,14-4-3-6-18-9-14)21-10-15-13(12-24-16(15)11-21)8-20-17-5-1-2-7-19-17/h1-7,9,13,15-16H,8,10-12H2,(H,19,20)/t13-,15+,16+/m1/s1. The molecule has 2 aliphatic heterocycles. The zero-order valence-corrected chi connectivity index (χ0v) is 14.5. The molecule has 1 N–H and O–H groups in total. The van der Waals surface area contributed by atoms with Crippen molar-refractivity contribution in [2.75, 3.05) is 31.6 Å². The molecule has 25 heavy (non-hydrogen) atoms. The number of sulfonamides is 1. The van der Waals surface area contributed by atoms with E-state index in [1.807, 2.05) is 18.2 Å². The zero-order chi connectivity index (χ0) is 17.3. The Hall–Kier alpha value is -2.03. The predicted molar refractivity (Wildman–Crippen MR) is 92.4 cm³/mol. The maximum Gasteiger partial charge on any atom is 0.244 e. The van der Waals surface area contributed by atoms with E-state index in [0.717, 1.165) is 12.4 Å². The van der Waals surface area contributed by atoms with Gasteiger partial charge in [-0.05, 0) is 24.3 Å². The highest BCUT2D eigenvalue weighted by Crippen LogP contribution is 2.36. The van der Waals surface area contributed by atoms with Crippen molar-refractivity contribution in [1.29, 1.82) is 0 Å². The second-order valence-electron chi connectivity index (χ2n) is 6.40. The van der Waals surface area contributed by atoms with Crippen LogP contribution in [0, 0.1) is 11.8 Å². The second-order valence-corrected chi connectivity index (χ2v) is 8.34. The molecule has 2 aliphatic rings. The molecule has 2 fully saturated rings. The van der Waals surface area contributed by atoms with Crippen molar-refractivity contribution in [1.82, 2.24) is 14.3 Å². The summed E-state index contributed by atoms with van der Waals surface area (Å²) in [4.78, 5) is 8.41. The Morgan fingerprint density at radius 1 is 1.20 bits per heavy atom. The van der Waals surface area contributed by atoms with Gasteiger partial charge in [0.2, 0.25) is 10.0 Å². The van der Waals surface area contributed by atoms with Crippen molar-refractivity contribution < 1.29 is 13.2 Å². The van der Waals surface area contributed by atoms with Gasteiger partial charge in [-0.15, -0.1) is 0 Å². The third-order valence-corrected chi connectivity index (χ3v) is 6.70. The van der Waals surface area contributed by atoms with Crippen LogP contribution in [-0.2, 0) is 14.8 Å². The van der Waals surface area contributed by atoms with Gasteiger partial charge >= 0.3 is 0 Å². The molecule has 0 bridgehead atoms. The van der Waals surface area contributed by atoms with Crippen LogP contribution in [0.5, 0.6) is 0 Å². The van der Waals surface area contributed by atoms with E-state index >= 15 is 0 Å². The van der Waals surface area contributed by atoms with E-state index in [1.54, 1.807) is 24.5 Å². The quantitative estimate of drug-likeness (QED) is 0.863. The molecular weight excluding hydrogens is 340 g/mol. The number of aromatic nitrogens is 2. The summed E-state index contributed by atoms with van der Waals surface area (Å²) >= 11 is 0. The molecule has 132 valence electrons. The Balaban J connectivity index is 1.43. The number of fused-ring (bicyclic) bond motifs is 1. The normalized spacial score (nSPS) is 26.5. The topological polar surface area (TPSA) is 84.4 Å². The molecule has 4 rings (SSSR count). The molecule has 2 aromatic rings. The monoisotopic (exact) mass is 360 g/mol. The number of hydrogen-bond acceptors (Lipinski definition) is 6. The van der Waals surface area contributed by atoms with Crippen LogP contribution in [-0.4, -0.2) is 55.0 Å². The minimum Gasteiger partial charge on any atom is -0.376 e. The van der Waals surface area contributed by atoms with Crippen LogP contribution in [0.4, 0.5) is 5.82 Å². The summed E-state index contributed by atoms with van der Waals surface area (Å²) in [5, 5.41) is 3.32. The van der Waals surface area contributed by atoms with Crippen LogP contribution in [0.15, 0.2) is 53.8 Å². The van der Waals surface area contributed by atoms with Crippen LogP contribution in [0.2, 0.25) is 0 Å². The summed E-state index contributed by atoms with van der Waals surface area (Å²) in [6.45, 7) is 2.26. The molecule has 0 saturated carbocycles. The fourth-order valence-electron chi connectivity index (χ4n) is 3.52. The van der Waals surface area contributed by atoms with Gasteiger partial charge in [0.15, 0.2) is 0 Å². The Morgan fingerprint density at radius 3 is 2.88 bits per heavy atom. The number of hydrogen-bond donors (Lipinski definition) is 1. The molecule has 0 spiro atoms. The molecule has 3 atom stereocenters. The number of anilines is 1. The second kappa shape index (κ2) is 6.70. The van der Waals surface area contributed by atoms with Gasteiger partial charge in [0.25, 0.3) is 0 Å². The first-order chi connectivity index (χ1) is 12.1. The number of nitrogens with one attached hydrogen (secondary N) is 1. The van der Waals surface area contributed by atoms with Crippen LogP contribution in [0.1, 0.15) is 0 Å². The average Bonchev–Trinajstić information content (AvgIpc) is 3.23. The Kier molecular flexibility index (Phi) is 4.41. The van der Waals surface area contributed by atoms with Gasteiger partial charge in [0.1, 0.15) is 10.7 Å². The van der Waals surface area contributed by atoms with Crippen molar-refractivity contribution in [2.24, 2.45) is 11.8 Å². The summed E-state index contributed by atoms with van der Waals surface area (Å²) in [7, 11) is -3.51. The van der Waals surface area contributed by atoms with Gasteiger partial charge < -0.3 is 10.1 Å². The average molecular weight is 360 g/mol. The molecule has 2 saturated heterocycles. The SMILES string of the molecule is O=S(=O)(c1cccnc1)N1C[C@H]2[C@H](CNc3ccccn3)CO[C@H]2C1. The number of rotatable bonds is 5. The van der Waals surface area contributed by atoms with Crippen LogP contribution in [0.3, 0.4) is 0 Å². The molecule has 8 heteroatoms. The maximum atomic E-state index is 12.8. The highest BCUT2D eigenvalue weighted by atomic mass is 32.2. The summed E-state index contributed by atoms with van der Waals surface area (Å²) in [5.41, 5.74) is 0. The lowest BCUT2D eigenvalue weighted by molar-refractivity contribution is 0.104. The highest BCUT2D eigenvalue weighted by molar-refractivity contribution is 7.89. The smallest absolute Gasteiger partial charge is 0.244 e. The molecule has 0 amide bonds. The van der Waals surface area contributed by atoms with Gasteiger partial charge in [-0.25, -0.2) is 13.4 Å². The first kappa shape index (κ1) is 16.4. The Bertz CT molecular complexity index is 816. The summed E-state index contributed by atoms with van der Waals surface area (Å²) in [6, 6.07) is 8.94. The fourth-order valence-corrected chi connectivity index (χ4v) is 4.98. The van der Waals surface area contributed by atoms with E-state index in [1.165, 1.54) is 10.5 Å². The van der Waals surface area contributed by atoms with Crippen molar-refractivity contribution >= 4 is 15.8 Å². The largest absolute Gasteiger partial charge is 0.376 e. The maximum absolute atomic E-state index is 12.8. The van der Waals surface area contributed by atoms with Gasteiger partial charge in [-0.3, -0.25) is 4.98 Å². The molecule has 4 heterocycles.